The molecule has 3 nitrogen and oxygen atoms in total. The highest BCUT2D eigenvalue weighted by Crippen LogP contribution is 2.20. The highest BCUT2D eigenvalue weighted by atomic mass is 14.9. The van der Waals surface area contributed by atoms with Crippen molar-refractivity contribution in [2.75, 3.05) is 0 Å². The van der Waals surface area contributed by atoms with Crippen LogP contribution < -0.4 is 0 Å². The fourth-order valence-electron chi connectivity index (χ4n) is 2.60. The maximum atomic E-state index is 8.71. The second kappa shape index (κ2) is 7.13. The summed E-state index contributed by atoms with van der Waals surface area (Å²) < 4.78 is 2.22. The van der Waals surface area contributed by atoms with Gasteiger partial charge in [-0.1, -0.05) is 48.6 Å². The molecule has 0 N–H and O–H groups in total. The van der Waals surface area contributed by atoms with Gasteiger partial charge in [-0.25, -0.2) is 0 Å². The number of aromatic nitrogens is 1. The zero-order chi connectivity index (χ0) is 16.8. The van der Waals surface area contributed by atoms with E-state index in [4.69, 9.17) is 10.5 Å². The van der Waals surface area contributed by atoms with E-state index in [0.29, 0.717) is 0 Å². The SMILES string of the molecule is N#CC(C#N)=C/C=C/c1ccc2c(ccn2Cc2ccccc2)c1. The molecular weight excluding hydrogens is 294 g/mol. The summed E-state index contributed by atoms with van der Waals surface area (Å²) in [6.45, 7) is 0.843. The fourth-order valence-corrected chi connectivity index (χ4v) is 2.60. The standard InChI is InChI=1S/C21H15N3/c22-14-19(15-23)8-4-7-17-9-10-21-20(13-17)11-12-24(21)16-18-5-2-1-3-6-18/h1-13H,16H2/b7-4+. The summed E-state index contributed by atoms with van der Waals surface area (Å²) in [6, 6.07) is 22.4. The summed E-state index contributed by atoms with van der Waals surface area (Å²) in [4.78, 5) is 0. The third-order valence-electron chi connectivity index (χ3n) is 3.78. The van der Waals surface area contributed by atoms with E-state index in [1.165, 1.54) is 17.2 Å². The predicted molar refractivity (Wildman–Crippen MR) is 95.8 cm³/mol. The van der Waals surface area contributed by atoms with Crippen LogP contribution in [0.4, 0.5) is 0 Å². The number of rotatable bonds is 4. The lowest BCUT2D eigenvalue weighted by Gasteiger charge is -2.06. The van der Waals surface area contributed by atoms with E-state index in [1.54, 1.807) is 6.08 Å². The van der Waals surface area contributed by atoms with Crippen LogP contribution in [-0.2, 0) is 6.54 Å². The molecule has 1 aromatic heterocycles. The van der Waals surface area contributed by atoms with E-state index in [1.807, 2.05) is 42.5 Å². The molecule has 0 saturated carbocycles. The number of nitriles is 2. The minimum absolute atomic E-state index is 0.0985. The van der Waals surface area contributed by atoms with Crippen molar-refractivity contribution in [3.63, 3.8) is 0 Å². The first kappa shape index (κ1) is 15.3. The van der Waals surface area contributed by atoms with E-state index < -0.39 is 0 Å². The van der Waals surface area contributed by atoms with E-state index in [2.05, 4.69) is 41.1 Å². The second-order valence-corrected chi connectivity index (χ2v) is 5.41. The fraction of sp³-hybridized carbons (Fsp3) is 0.0476. The third kappa shape index (κ3) is 3.43. The lowest BCUT2D eigenvalue weighted by Crippen LogP contribution is -1.97. The van der Waals surface area contributed by atoms with E-state index in [9.17, 15) is 0 Å². The van der Waals surface area contributed by atoms with Crippen LogP contribution in [0.2, 0.25) is 0 Å². The van der Waals surface area contributed by atoms with Crippen molar-refractivity contribution in [1.82, 2.24) is 4.57 Å². The molecule has 0 amide bonds. The van der Waals surface area contributed by atoms with Crippen molar-refractivity contribution < 1.29 is 0 Å². The molecule has 0 fully saturated rings. The van der Waals surface area contributed by atoms with Crippen molar-refractivity contribution >= 4 is 17.0 Å². The Labute approximate surface area is 141 Å². The molecule has 114 valence electrons. The van der Waals surface area contributed by atoms with Crippen LogP contribution in [0.15, 0.2) is 78.5 Å². The molecule has 3 rings (SSSR count). The van der Waals surface area contributed by atoms with Crippen molar-refractivity contribution in [1.29, 1.82) is 10.5 Å². The molecule has 0 aliphatic rings. The molecule has 0 spiro atoms. The molecule has 0 unspecified atom stereocenters. The van der Waals surface area contributed by atoms with Crippen LogP contribution in [-0.4, -0.2) is 4.57 Å². The van der Waals surface area contributed by atoms with Gasteiger partial charge in [-0.15, -0.1) is 0 Å². The average Bonchev–Trinajstić information content (AvgIpc) is 3.02. The maximum Gasteiger partial charge on any atom is 0.129 e. The Morgan fingerprint density at radius 1 is 1.00 bits per heavy atom. The number of benzene rings is 2. The van der Waals surface area contributed by atoms with Gasteiger partial charge in [0.2, 0.25) is 0 Å². The van der Waals surface area contributed by atoms with Crippen LogP contribution in [0.3, 0.4) is 0 Å². The summed E-state index contributed by atoms with van der Waals surface area (Å²) in [7, 11) is 0. The molecule has 0 bridgehead atoms. The van der Waals surface area contributed by atoms with Crippen LogP contribution in [0, 0.1) is 22.7 Å². The third-order valence-corrected chi connectivity index (χ3v) is 3.78. The Morgan fingerprint density at radius 2 is 1.79 bits per heavy atom. The van der Waals surface area contributed by atoms with Gasteiger partial charge in [0.05, 0.1) is 0 Å². The normalized spacial score (nSPS) is 10.4. The van der Waals surface area contributed by atoms with E-state index in [0.717, 1.165) is 17.5 Å². The largest absolute Gasteiger partial charge is 0.343 e. The van der Waals surface area contributed by atoms with Gasteiger partial charge in [0.1, 0.15) is 17.7 Å². The first-order valence-electron chi connectivity index (χ1n) is 7.61. The van der Waals surface area contributed by atoms with Crippen molar-refractivity contribution in [2.24, 2.45) is 0 Å². The lowest BCUT2D eigenvalue weighted by molar-refractivity contribution is 0.837. The molecule has 0 atom stereocenters. The number of fused-ring (bicyclic) bond motifs is 1. The smallest absolute Gasteiger partial charge is 0.129 e. The van der Waals surface area contributed by atoms with Gasteiger partial charge >= 0.3 is 0 Å². The van der Waals surface area contributed by atoms with Crippen molar-refractivity contribution in [3.8, 4) is 12.1 Å². The van der Waals surface area contributed by atoms with Crippen LogP contribution in [0.5, 0.6) is 0 Å². The molecule has 24 heavy (non-hydrogen) atoms. The molecule has 0 aliphatic carbocycles. The van der Waals surface area contributed by atoms with Gasteiger partial charge in [0.15, 0.2) is 0 Å². The topological polar surface area (TPSA) is 52.5 Å². The molecule has 0 aliphatic heterocycles. The van der Waals surface area contributed by atoms with Gasteiger partial charge in [0, 0.05) is 23.6 Å². The predicted octanol–water partition coefficient (Wildman–Crippen LogP) is 4.68. The van der Waals surface area contributed by atoms with Gasteiger partial charge < -0.3 is 4.57 Å². The average molecular weight is 309 g/mol. The molecular formula is C21H15N3. The zero-order valence-corrected chi connectivity index (χ0v) is 13.1. The molecule has 3 heteroatoms. The van der Waals surface area contributed by atoms with Gasteiger partial charge in [-0.3, -0.25) is 0 Å². The number of hydrogen-bond donors (Lipinski definition) is 0. The van der Waals surface area contributed by atoms with Crippen molar-refractivity contribution in [2.45, 2.75) is 6.54 Å². The monoisotopic (exact) mass is 309 g/mol. The van der Waals surface area contributed by atoms with Gasteiger partial charge in [-0.05, 0) is 35.4 Å². The lowest BCUT2D eigenvalue weighted by atomic mass is 10.1. The number of nitrogens with zero attached hydrogens (tertiary/aromatic N) is 3. The molecule has 0 radical (unpaired) electrons. The minimum atomic E-state index is 0.0985. The molecule has 1 heterocycles. The van der Waals surface area contributed by atoms with Gasteiger partial charge in [-0.2, -0.15) is 10.5 Å². The van der Waals surface area contributed by atoms with Crippen LogP contribution >= 0.6 is 0 Å². The Hall–Kier alpha value is -3.56. The second-order valence-electron chi connectivity index (χ2n) is 5.41. The van der Waals surface area contributed by atoms with Gasteiger partial charge in [0.25, 0.3) is 0 Å². The Balaban J connectivity index is 1.84. The highest BCUT2D eigenvalue weighted by Gasteiger charge is 2.02. The molecule has 0 saturated heterocycles. The number of allylic oxidation sites excluding steroid dienone is 3. The molecule has 2 aromatic carbocycles. The van der Waals surface area contributed by atoms with E-state index >= 15 is 0 Å². The first-order chi connectivity index (χ1) is 11.8. The first-order valence-corrected chi connectivity index (χ1v) is 7.61. The number of hydrogen-bond acceptors (Lipinski definition) is 2. The Kier molecular flexibility index (Phi) is 4.56. The summed E-state index contributed by atoms with van der Waals surface area (Å²) in [5.41, 5.74) is 3.58. The summed E-state index contributed by atoms with van der Waals surface area (Å²) >= 11 is 0. The Bertz CT molecular complexity index is 977. The Morgan fingerprint density at radius 3 is 2.54 bits per heavy atom. The zero-order valence-electron chi connectivity index (χ0n) is 13.1. The molecule has 3 aromatic rings. The van der Waals surface area contributed by atoms with Crippen LogP contribution in [0.25, 0.3) is 17.0 Å². The minimum Gasteiger partial charge on any atom is -0.343 e. The quantitative estimate of drug-likeness (QED) is 0.519. The van der Waals surface area contributed by atoms with Crippen molar-refractivity contribution in [3.05, 3.63) is 89.6 Å². The summed E-state index contributed by atoms with van der Waals surface area (Å²) in [5.74, 6) is 0. The summed E-state index contributed by atoms with van der Waals surface area (Å²) in [6.07, 6.45) is 7.23. The van der Waals surface area contributed by atoms with E-state index in [-0.39, 0.29) is 5.57 Å². The summed E-state index contributed by atoms with van der Waals surface area (Å²) in [5, 5.41) is 18.6. The maximum absolute atomic E-state index is 8.71. The highest BCUT2D eigenvalue weighted by molar-refractivity contribution is 5.83. The van der Waals surface area contributed by atoms with Crippen LogP contribution in [0.1, 0.15) is 11.1 Å².